The van der Waals surface area contributed by atoms with E-state index < -0.39 is 5.60 Å². The molecule has 0 unspecified atom stereocenters. The highest BCUT2D eigenvalue weighted by molar-refractivity contribution is 14.0. The van der Waals surface area contributed by atoms with E-state index in [1.165, 1.54) is 0 Å². The number of guanidine groups is 1. The minimum absolute atomic E-state index is 0. The number of hydrogen-bond donors (Lipinski definition) is 2. The van der Waals surface area contributed by atoms with E-state index in [2.05, 4.69) is 20.6 Å². The number of carbonyl (C=O) groups is 1. The van der Waals surface area contributed by atoms with Crippen molar-refractivity contribution in [2.75, 3.05) is 33.2 Å². The molecule has 0 saturated carbocycles. The fourth-order valence-electron chi connectivity index (χ4n) is 2.99. The molecule has 0 radical (unpaired) electrons. The maximum atomic E-state index is 12.1. The van der Waals surface area contributed by atoms with Crippen LogP contribution in [0.4, 0.5) is 4.79 Å². The average Bonchev–Trinajstić information content (AvgIpc) is 2.65. The minimum Gasteiger partial charge on any atom is -0.444 e. The topological polar surface area (TPSA) is 78.9 Å². The predicted molar refractivity (Wildman–Crippen MR) is 128 cm³/mol. The lowest BCUT2D eigenvalue weighted by molar-refractivity contribution is 0.0185. The zero-order valence-corrected chi connectivity index (χ0v) is 20.8. The van der Waals surface area contributed by atoms with Crippen molar-refractivity contribution in [1.82, 2.24) is 20.5 Å². The maximum absolute atomic E-state index is 12.1. The molecule has 29 heavy (non-hydrogen) atoms. The van der Waals surface area contributed by atoms with Gasteiger partial charge >= 0.3 is 6.09 Å². The number of amides is 1. The van der Waals surface area contributed by atoms with Crippen LogP contribution in [0.15, 0.2) is 23.3 Å². The van der Waals surface area contributed by atoms with Crippen LogP contribution in [-0.4, -0.2) is 60.8 Å². The molecule has 1 aromatic rings. The normalized spacial score (nSPS) is 15.5. The third-order valence-electron chi connectivity index (χ3n) is 4.54. The highest BCUT2D eigenvalue weighted by Crippen LogP contribution is 2.19. The first-order valence-corrected chi connectivity index (χ1v) is 10.2. The van der Waals surface area contributed by atoms with Crippen molar-refractivity contribution in [3.8, 4) is 0 Å². The summed E-state index contributed by atoms with van der Waals surface area (Å²) in [6, 6.07) is 3.78. The molecule has 1 fully saturated rings. The fraction of sp³-hybridized carbons (Fsp3) is 0.650. The highest BCUT2D eigenvalue weighted by atomic mass is 127. The number of hydrogen-bond acceptors (Lipinski definition) is 4. The van der Waals surface area contributed by atoms with Crippen LogP contribution >= 0.6 is 35.6 Å². The Bertz CT molecular complexity index is 656. The van der Waals surface area contributed by atoms with Gasteiger partial charge in [0.1, 0.15) is 10.8 Å². The summed E-state index contributed by atoms with van der Waals surface area (Å²) in [7, 11) is 1.77. The Balaban J connectivity index is 0.00000420. The van der Waals surface area contributed by atoms with Crippen molar-refractivity contribution in [3.05, 3.63) is 29.0 Å². The molecule has 164 valence electrons. The van der Waals surface area contributed by atoms with Crippen LogP contribution in [-0.2, 0) is 11.2 Å². The summed E-state index contributed by atoms with van der Waals surface area (Å²) < 4.78 is 5.45. The van der Waals surface area contributed by atoms with Crippen LogP contribution in [0.1, 0.15) is 39.2 Å². The zero-order valence-electron chi connectivity index (χ0n) is 17.7. The van der Waals surface area contributed by atoms with E-state index in [1.54, 1.807) is 24.2 Å². The summed E-state index contributed by atoms with van der Waals surface area (Å²) in [5, 5.41) is 7.21. The van der Waals surface area contributed by atoms with E-state index in [9.17, 15) is 4.79 Å². The molecule has 1 aliphatic heterocycles. The second-order valence-electron chi connectivity index (χ2n) is 8.03. The lowest BCUT2D eigenvalue weighted by Crippen LogP contribution is -2.45. The van der Waals surface area contributed by atoms with Crippen molar-refractivity contribution in [1.29, 1.82) is 0 Å². The smallest absolute Gasteiger partial charge is 0.410 e. The number of nitrogens with zero attached hydrogens (tertiary/aromatic N) is 3. The van der Waals surface area contributed by atoms with Crippen LogP contribution in [0.2, 0.25) is 5.15 Å². The number of aliphatic imine (C=N–C) groups is 1. The van der Waals surface area contributed by atoms with Gasteiger partial charge in [0.25, 0.3) is 0 Å². The molecule has 2 heterocycles. The van der Waals surface area contributed by atoms with Crippen LogP contribution in [0.3, 0.4) is 0 Å². The zero-order chi connectivity index (χ0) is 20.6. The molecular weight excluding hydrogens is 505 g/mol. The van der Waals surface area contributed by atoms with Crippen LogP contribution < -0.4 is 10.6 Å². The van der Waals surface area contributed by atoms with Crippen molar-refractivity contribution >= 4 is 47.6 Å². The predicted octanol–water partition coefficient (Wildman–Crippen LogP) is 3.71. The number of halogens is 2. The molecule has 1 aromatic heterocycles. The minimum atomic E-state index is -0.449. The quantitative estimate of drug-likeness (QED) is 0.259. The number of rotatable bonds is 5. The second kappa shape index (κ2) is 12.4. The third kappa shape index (κ3) is 9.84. The first-order valence-electron chi connectivity index (χ1n) is 9.79. The van der Waals surface area contributed by atoms with Gasteiger partial charge in [-0.2, -0.15) is 0 Å². The molecule has 2 rings (SSSR count). The van der Waals surface area contributed by atoms with Gasteiger partial charge in [0.15, 0.2) is 5.96 Å². The first-order chi connectivity index (χ1) is 13.3. The van der Waals surface area contributed by atoms with Gasteiger partial charge in [0.05, 0.1) is 0 Å². The van der Waals surface area contributed by atoms with Gasteiger partial charge in [-0.05, 0) is 57.6 Å². The Morgan fingerprint density at radius 2 is 2.00 bits per heavy atom. The summed E-state index contributed by atoms with van der Waals surface area (Å²) >= 11 is 5.80. The summed E-state index contributed by atoms with van der Waals surface area (Å²) in [6.45, 7) is 8.75. The summed E-state index contributed by atoms with van der Waals surface area (Å²) in [6.07, 6.45) is 4.34. The average molecular weight is 538 g/mol. The van der Waals surface area contributed by atoms with Gasteiger partial charge < -0.3 is 20.3 Å². The largest absolute Gasteiger partial charge is 0.444 e. The SMILES string of the molecule is CN=C(NCCc1ccc(Cl)nc1)NCC1CCN(C(=O)OC(C)(C)C)CC1.I. The van der Waals surface area contributed by atoms with E-state index >= 15 is 0 Å². The summed E-state index contributed by atoms with van der Waals surface area (Å²) in [5.41, 5.74) is 0.678. The van der Waals surface area contributed by atoms with Crippen LogP contribution in [0.5, 0.6) is 0 Å². The number of ether oxygens (including phenoxy) is 1. The van der Waals surface area contributed by atoms with Crippen molar-refractivity contribution < 1.29 is 9.53 Å². The van der Waals surface area contributed by atoms with Gasteiger partial charge in [-0.15, -0.1) is 24.0 Å². The summed E-state index contributed by atoms with van der Waals surface area (Å²) in [5.74, 6) is 1.30. The van der Waals surface area contributed by atoms with E-state index in [0.29, 0.717) is 11.1 Å². The number of aromatic nitrogens is 1. The Kier molecular flexibility index (Phi) is 11.0. The van der Waals surface area contributed by atoms with E-state index in [-0.39, 0.29) is 30.1 Å². The molecule has 1 saturated heterocycles. The lowest BCUT2D eigenvalue weighted by Gasteiger charge is -2.33. The Labute approximate surface area is 196 Å². The molecule has 0 atom stereocenters. The molecule has 2 N–H and O–H groups in total. The van der Waals surface area contributed by atoms with Crippen LogP contribution in [0, 0.1) is 5.92 Å². The van der Waals surface area contributed by atoms with E-state index in [0.717, 1.165) is 57.0 Å². The lowest BCUT2D eigenvalue weighted by atomic mass is 9.97. The number of piperidine rings is 1. The van der Waals surface area contributed by atoms with Gasteiger partial charge in [0, 0.05) is 39.4 Å². The number of carbonyl (C=O) groups excluding carboxylic acids is 1. The van der Waals surface area contributed by atoms with Gasteiger partial charge in [-0.1, -0.05) is 17.7 Å². The second-order valence-corrected chi connectivity index (χ2v) is 8.42. The first kappa shape index (κ1) is 25.7. The van der Waals surface area contributed by atoms with Crippen LogP contribution in [0.25, 0.3) is 0 Å². The number of pyridine rings is 1. The third-order valence-corrected chi connectivity index (χ3v) is 4.77. The van der Waals surface area contributed by atoms with Gasteiger partial charge in [-0.3, -0.25) is 4.99 Å². The van der Waals surface area contributed by atoms with Gasteiger partial charge in [-0.25, -0.2) is 9.78 Å². The highest BCUT2D eigenvalue weighted by Gasteiger charge is 2.26. The number of likely N-dealkylation sites (tertiary alicyclic amines) is 1. The van der Waals surface area contributed by atoms with E-state index in [4.69, 9.17) is 16.3 Å². The standard InChI is InChI=1S/C20H32ClN5O2.HI/c1-20(2,3)28-19(27)26-11-8-16(9-12-26)14-25-18(22-4)23-10-7-15-5-6-17(21)24-13-15;/h5-6,13,16H,7-12,14H2,1-4H3,(H2,22,23,25);1H. The van der Waals surface area contributed by atoms with Crippen molar-refractivity contribution in [2.24, 2.45) is 10.9 Å². The Morgan fingerprint density at radius 1 is 1.31 bits per heavy atom. The number of nitrogens with one attached hydrogen (secondary N) is 2. The van der Waals surface area contributed by atoms with Crippen molar-refractivity contribution in [3.63, 3.8) is 0 Å². The fourth-order valence-corrected chi connectivity index (χ4v) is 3.10. The Morgan fingerprint density at radius 3 is 2.55 bits per heavy atom. The molecular formula is C20H33ClIN5O2. The van der Waals surface area contributed by atoms with E-state index in [1.807, 2.05) is 26.8 Å². The molecule has 0 bridgehead atoms. The Hall–Kier alpha value is -1.29. The summed E-state index contributed by atoms with van der Waals surface area (Å²) in [4.78, 5) is 22.3. The molecule has 9 heteroatoms. The van der Waals surface area contributed by atoms with Gasteiger partial charge in [0.2, 0.25) is 0 Å². The molecule has 1 amide bonds. The maximum Gasteiger partial charge on any atom is 0.410 e. The molecule has 7 nitrogen and oxygen atoms in total. The molecule has 0 aliphatic carbocycles. The van der Waals surface area contributed by atoms with Crippen molar-refractivity contribution in [2.45, 2.75) is 45.6 Å². The molecule has 0 spiro atoms. The molecule has 1 aliphatic rings. The molecule has 0 aromatic carbocycles. The monoisotopic (exact) mass is 537 g/mol.